The van der Waals surface area contributed by atoms with Gasteiger partial charge in [-0.1, -0.05) is 188 Å². The number of aromatic nitrogens is 2. The number of para-hydroxylation sites is 4. The van der Waals surface area contributed by atoms with Crippen LogP contribution in [0.4, 0.5) is 0 Å². The van der Waals surface area contributed by atoms with E-state index < -0.39 is 0 Å². The number of fused-ring (bicyclic) bond motifs is 6. The van der Waals surface area contributed by atoms with E-state index in [-0.39, 0.29) is 0 Å². The lowest BCUT2D eigenvalue weighted by Gasteiger charge is -2.21. The largest absolute Gasteiger partial charge is 0.455 e. The van der Waals surface area contributed by atoms with Gasteiger partial charge in [-0.15, -0.1) is 0 Å². The van der Waals surface area contributed by atoms with Gasteiger partial charge < -0.3 is 8.83 Å². The molecule has 12 aromatic rings. The van der Waals surface area contributed by atoms with Crippen molar-refractivity contribution in [3.63, 3.8) is 0 Å². The van der Waals surface area contributed by atoms with Gasteiger partial charge in [-0.2, -0.15) is 0 Å². The van der Waals surface area contributed by atoms with Gasteiger partial charge in [-0.25, -0.2) is 9.97 Å². The van der Waals surface area contributed by atoms with Crippen LogP contribution < -0.4 is 0 Å². The van der Waals surface area contributed by atoms with Crippen LogP contribution in [0, 0.1) is 0 Å². The molecule has 62 heavy (non-hydrogen) atoms. The quantitative estimate of drug-likeness (QED) is 0.161. The highest BCUT2D eigenvalue weighted by atomic mass is 16.3. The van der Waals surface area contributed by atoms with Crippen molar-refractivity contribution in [2.45, 2.75) is 0 Å². The first-order chi connectivity index (χ1) is 30.7. The van der Waals surface area contributed by atoms with Crippen molar-refractivity contribution in [1.82, 2.24) is 9.97 Å². The summed E-state index contributed by atoms with van der Waals surface area (Å²) in [7, 11) is 0. The highest BCUT2D eigenvalue weighted by Gasteiger charge is 2.25. The van der Waals surface area contributed by atoms with E-state index in [2.05, 4.69) is 194 Å². The highest BCUT2D eigenvalue weighted by Crippen LogP contribution is 2.47. The molecule has 0 radical (unpaired) electrons. The highest BCUT2D eigenvalue weighted by molar-refractivity contribution is 6.11. The minimum Gasteiger partial charge on any atom is -0.455 e. The van der Waals surface area contributed by atoms with Crippen LogP contribution in [0.3, 0.4) is 0 Å². The monoisotopic (exact) mass is 792 g/mol. The van der Waals surface area contributed by atoms with E-state index in [1.807, 2.05) is 24.3 Å². The molecule has 0 fully saturated rings. The molecule has 0 atom stereocenters. The Balaban J connectivity index is 1.20. The van der Waals surface area contributed by atoms with Gasteiger partial charge in [0, 0.05) is 43.8 Å². The van der Waals surface area contributed by atoms with Crippen LogP contribution in [0.25, 0.3) is 122 Å². The predicted octanol–water partition coefficient (Wildman–Crippen LogP) is 15.9. The lowest BCUT2D eigenvalue weighted by Crippen LogP contribution is -2.01. The summed E-state index contributed by atoms with van der Waals surface area (Å²) in [5.74, 6) is 0.595. The second-order valence-corrected chi connectivity index (χ2v) is 15.6. The van der Waals surface area contributed by atoms with E-state index in [0.29, 0.717) is 5.82 Å². The molecule has 4 heteroatoms. The number of furan rings is 2. The molecule has 0 spiro atoms. The Kier molecular flexibility index (Phi) is 8.46. The number of hydrogen-bond acceptors (Lipinski definition) is 4. The van der Waals surface area contributed by atoms with E-state index in [9.17, 15) is 0 Å². The van der Waals surface area contributed by atoms with Crippen molar-refractivity contribution in [2.24, 2.45) is 0 Å². The standard InChI is InChI=1S/C58H36N2O2/c1-4-16-37(17-5-1)38-30-32-41(33-31-38)54-42(39-18-6-2-7-19-39)34-35-43(40-20-8-3-9-21-40)55(54)58-59-50(48-26-14-24-46-44-22-10-12-28-52(44)61-56(46)48)36-51(60-58)49-27-15-25-47-45-23-11-13-29-53(45)62-57(47)49/h1-36H. The van der Waals surface area contributed by atoms with E-state index in [4.69, 9.17) is 18.8 Å². The first-order valence-electron chi connectivity index (χ1n) is 20.9. The van der Waals surface area contributed by atoms with Gasteiger partial charge in [-0.3, -0.25) is 0 Å². The molecule has 0 unspecified atom stereocenters. The Morgan fingerprint density at radius 3 is 1.19 bits per heavy atom. The zero-order valence-electron chi connectivity index (χ0n) is 33.5. The first-order valence-corrected chi connectivity index (χ1v) is 20.9. The van der Waals surface area contributed by atoms with Crippen LogP contribution in [-0.4, -0.2) is 9.97 Å². The molecule has 0 bridgehead atoms. The van der Waals surface area contributed by atoms with Crippen LogP contribution in [0.15, 0.2) is 227 Å². The summed E-state index contributed by atoms with van der Waals surface area (Å²) in [5, 5.41) is 4.20. The van der Waals surface area contributed by atoms with Crippen LogP contribution in [0.2, 0.25) is 0 Å². The summed E-state index contributed by atoms with van der Waals surface area (Å²) >= 11 is 0. The Morgan fingerprint density at radius 1 is 0.274 bits per heavy atom. The average molecular weight is 793 g/mol. The number of hydrogen-bond donors (Lipinski definition) is 0. The van der Waals surface area contributed by atoms with Gasteiger partial charge in [0.15, 0.2) is 5.82 Å². The fraction of sp³-hybridized carbons (Fsp3) is 0. The van der Waals surface area contributed by atoms with Crippen LogP contribution in [0.1, 0.15) is 0 Å². The van der Waals surface area contributed by atoms with Gasteiger partial charge in [0.05, 0.1) is 11.4 Å². The number of benzene rings is 9. The van der Waals surface area contributed by atoms with E-state index in [0.717, 1.165) is 111 Å². The smallest absolute Gasteiger partial charge is 0.161 e. The molecule has 3 aromatic heterocycles. The second-order valence-electron chi connectivity index (χ2n) is 15.6. The molecule has 0 aliphatic rings. The first kappa shape index (κ1) is 35.6. The van der Waals surface area contributed by atoms with Gasteiger partial charge in [0.2, 0.25) is 0 Å². The third-order valence-corrected chi connectivity index (χ3v) is 12.0. The van der Waals surface area contributed by atoms with Gasteiger partial charge in [0.1, 0.15) is 22.3 Å². The summed E-state index contributed by atoms with van der Waals surface area (Å²) in [4.78, 5) is 11.2. The molecule has 12 rings (SSSR count). The fourth-order valence-electron chi connectivity index (χ4n) is 9.04. The van der Waals surface area contributed by atoms with E-state index in [1.165, 1.54) is 5.56 Å². The Morgan fingerprint density at radius 2 is 0.677 bits per heavy atom. The molecule has 0 aliphatic heterocycles. The molecular formula is C58H36N2O2. The molecule has 0 saturated heterocycles. The van der Waals surface area contributed by atoms with Crippen molar-refractivity contribution in [3.8, 4) is 78.4 Å². The third kappa shape index (κ3) is 6.00. The Labute approximate surface area is 358 Å². The van der Waals surface area contributed by atoms with Crippen molar-refractivity contribution in [2.75, 3.05) is 0 Å². The van der Waals surface area contributed by atoms with E-state index >= 15 is 0 Å². The molecule has 0 saturated carbocycles. The molecule has 0 aliphatic carbocycles. The third-order valence-electron chi connectivity index (χ3n) is 12.0. The summed E-state index contributed by atoms with van der Waals surface area (Å²) in [5.41, 5.74) is 16.1. The van der Waals surface area contributed by atoms with Crippen molar-refractivity contribution >= 4 is 43.9 Å². The van der Waals surface area contributed by atoms with Crippen molar-refractivity contribution in [1.29, 1.82) is 0 Å². The van der Waals surface area contributed by atoms with E-state index in [1.54, 1.807) is 0 Å². The summed E-state index contributed by atoms with van der Waals surface area (Å²) in [6, 6.07) is 76.2. The molecule has 290 valence electrons. The second kappa shape index (κ2) is 14.7. The minimum absolute atomic E-state index is 0.595. The SMILES string of the molecule is c1ccc(-c2ccc(-c3c(-c4ccccc4)ccc(-c4ccccc4)c3-c3nc(-c4cccc5c4oc4ccccc45)cc(-c4cccc5c4oc4ccccc45)n3)cc2)cc1. The molecule has 0 amide bonds. The number of rotatable bonds is 7. The van der Waals surface area contributed by atoms with Gasteiger partial charge in [-0.05, 0) is 69.3 Å². The number of nitrogens with zero attached hydrogens (tertiary/aromatic N) is 2. The maximum atomic E-state index is 6.67. The van der Waals surface area contributed by atoms with Crippen molar-refractivity contribution < 1.29 is 8.83 Å². The maximum Gasteiger partial charge on any atom is 0.161 e. The summed E-state index contributed by atoms with van der Waals surface area (Å²) in [6.07, 6.45) is 0. The lowest BCUT2D eigenvalue weighted by molar-refractivity contribution is 0.669. The minimum atomic E-state index is 0.595. The molecule has 0 N–H and O–H groups in total. The summed E-state index contributed by atoms with van der Waals surface area (Å²) < 4.78 is 13.3. The lowest BCUT2D eigenvalue weighted by atomic mass is 9.84. The zero-order valence-corrected chi connectivity index (χ0v) is 33.5. The molecule has 9 aromatic carbocycles. The van der Waals surface area contributed by atoms with Crippen LogP contribution in [0.5, 0.6) is 0 Å². The predicted molar refractivity (Wildman–Crippen MR) is 255 cm³/mol. The van der Waals surface area contributed by atoms with Gasteiger partial charge in [0.25, 0.3) is 0 Å². The molecule has 3 heterocycles. The molecular weight excluding hydrogens is 757 g/mol. The van der Waals surface area contributed by atoms with Crippen molar-refractivity contribution in [3.05, 3.63) is 218 Å². The average Bonchev–Trinajstić information content (AvgIpc) is 3.93. The topological polar surface area (TPSA) is 52.1 Å². The van der Waals surface area contributed by atoms with Crippen LogP contribution >= 0.6 is 0 Å². The molecule has 4 nitrogen and oxygen atoms in total. The zero-order chi connectivity index (χ0) is 41.0. The normalized spacial score (nSPS) is 11.5. The Hall–Kier alpha value is -8.34. The fourth-order valence-corrected chi connectivity index (χ4v) is 9.04. The van der Waals surface area contributed by atoms with Crippen LogP contribution in [-0.2, 0) is 0 Å². The van der Waals surface area contributed by atoms with Gasteiger partial charge >= 0.3 is 0 Å². The summed E-state index contributed by atoms with van der Waals surface area (Å²) in [6.45, 7) is 0. The maximum absolute atomic E-state index is 6.67. The Bertz CT molecular complexity index is 3480.